The molecule has 118 valence electrons. The van der Waals surface area contributed by atoms with E-state index in [-0.39, 0.29) is 5.76 Å². The summed E-state index contributed by atoms with van der Waals surface area (Å²) in [7, 11) is 4.93. The maximum absolute atomic E-state index is 11.7. The molecular formula is C18H17NO4. The Labute approximate surface area is 133 Å². The molecule has 0 amide bonds. The number of aryl methyl sites for hydroxylation is 1. The van der Waals surface area contributed by atoms with Crippen LogP contribution in [-0.4, -0.2) is 18.8 Å². The highest BCUT2D eigenvalue weighted by Gasteiger charge is 2.08. The highest BCUT2D eigenvalue weighted by Crippen LogP contribution is 2.25. The summed E-state index contributed by atoms with van der Waals surface area (Å²) in [6, 6.07) is 11.2. The molecule has 0 radical (unpaired) electrons. The van der Waals surface area contributed by atoms with E-state index < -0.39 is 0 Å². The van der Waals surface area contributed by atoms with E-state index >= 15 is 0 Å². The number of oxazole rings is 1. The molecule has 0 bridgehead atoms. The van der Waals surface area contributed by atoms with Crippen LogP contribution in [0.3, 0.4) is 0 Å². The number of para-hydroxylation sites is 1. The van der Waals surface area contributed by atoms with Crippen molar-refractivity contribution in [1.29, 1.82) is 0 Å². The fourth-order valence-corrected chi connectivity index (χ4v) is 2.48. The van der Waals surface area contributed by atoms with Crippen LogP contribution in [0.1, 0.15) is 11.1 Å². The molecule has 0 fully saturated rings. The van der Waals surface area contributed by atoms with E-state index in [1.54, 1.807) is 27.3 Å². The first kappa shape index (κ1) is 15.0. The van der Waals surface area contributed by atoms with Gasteiger partial charge >= 0.3 is 5.76 Å². The number of fused-ring (bicyclic) bond motifs is 1. The molecule has 1 heterocycles. The van der Waals surface area contributed by atoms with Crippen molar-refractivity contribution in [2.24, 2.45) is 7.05 Å². The Balaban J connectivity index is 2.05. The zero-order valence-corrected chi connectivity index (χ0v) is 13.2. The number of hydrogen-bond acceptors (Lipinski definition) is 4. The second-order valence-corrected chi connectivity index (χ2v) is 5.10. The normalized spacial score (nSPS) is 11.3. The van der Waals surface area contributed by atoms with E-state index in [4.69, 9.17) is 13.9 Å². The molecule has 5 heteroatoms. The van der Waals surface area contributed by atoms with Gasteiger partial charge in [0.25, 0.3) is 0 Å². The topological polar surface area (TPSA) is 53.6 Å². The number of ether oxygens (including phenoxy) is 2. The lowest BCUT2D eigenvalue weighted by molar-refractivity contribution is 0.394. The molecule has 0 aliphatic carbocycles. The van der Waals surface area contributed by atoms with Crippen molar-refractivity contribution in [2.75, 3.05) is 14.2 Å². The minimum Gasteiger partial charge on any atom is -0.497 e. The van der Waals surface area contributed by atoms with Crippen LogP contribution < -0.4 is 15.2 Å². The molecule has 0 saturated heterocycles. The Morgan fingerprint density at radius 1 is 1.04 bits per heavy atom. The number of methoxy groups -OCH3 is 2. The summed E-state index contributed by atoms with van der Waals surface area (Å²) in [5.74, 6) is 1.07. The van der Waals surface area contributed by atoms with Gasteiger partial charge < -0.3 is 13.9 Å². The maximum atomic E-state index is 11.7. The fraction of sp³-hybridized carbons (Fsp3) is 0.167. The molecule has 0 N–H and O–H groups in total. The first-order valence-electron chi connectivity index (χ1n) is 7.12. The van der Waals surface area contributed by atoms with Crippen molar-refractivity contribution < 1.29 is 13.9 Å². The summed E-state index contributed by atoms with van der Waals surface area (Å²) in [6.45, 7) is 0. The van der Waals surface area contributed by atoms with Crippen LogP contribution in [0.4, 0.5) is 0 Å². The molecule has 0 unspecified atom stereocenters. The van der Waals surface area contributed by atoms with Crippen molar-refractivity contribution in [2.45, 2.75) is 0 Å². The summed E-state index contributed by atoms with van der Waals surface area (Å²) in [5, 5.41) is 0. The molecule has 0 spiro atoms. The van der Waals surface area contributed by atoms with Crippen LogP contribution >= 0.6 is 0 Å². The van der Waals surface area contributed by atoms with E-state index in [2.05, 4.69) is 0 Å². The molecule has 2 aromatic carbocycles. The zero-order chi connectivity index (χ0) is 16.4. The van der Waals surface area contributed by atoms with Crippen molar-refractivity contribution >= 4 is 23.3 Å². The predicted molar refractivity (Wildman–Crippen MR) is 89.9 cm³/mol. The Kier molecular flexibility index (Phi) is 3.93. The van der Waals surface area contributed by atoms with E-state index in [0.29, 0.717) is 5.58 Å². The second-order valence-electron chi connectivity index (χ2n) is 5.10. The molecule has 0 aliphatic rings. The Morgan fingerprint density at radius 2 is 1.74 bits per heavy atom. The molecule has 3 rings (SSSR count). The van der Waals surface area contributed by atoms with Crippen molar-refractivity contribution in [3.05, 3.63) is 58.1 Å². The quantitative estimate of drug-likeness (QED) is 0.694. The van der Waals surface area contributed by atoms with Crippen molar-refractivity contribution in [1.82, 2.24) is 4.57 Å². The van der Waals surface area contributed by atoms with Gasteiger partial charge in [0, 0.05) is 18.7 Å². The second kappa shape index (κ2) is 6.04. The number of nitrogens with zero attached hydrogens (tertiary/aromatic N) is 1. The number of benzene rings is 2. The average Bonchev–Trinajstić information content (AvgIpc) is 2.87. The first-order chi connectivity index (χ1) is 11.1. The van der Waals surface area contributed by atoms with Crippen molar-refractivity contribution in [3.63, 3.8) is 0 Å². The van der Waals surface area contributed by atoms with Gasteiger partial charge in [-0.25, -0.2) is 4.79 Å². The lowest BCUT2D eigenvalue weighted by Gasteiger charge is -2.06. The Morgan fingerprint density at radius 3 is 2.39 bits per heavy atom. The third-order valence-electron chi connectivity index (χ3n) is 3.67. The molecule has 1 aromatic heterocycles. The van der Waals surface area contributed by atoms with Crippen molar-refractivity contribution in [3.8, 4) is 11.5 Å². The highest BCUT2D eigenvalue weighted by molar-refractivity contribution is 5.87. The summed E-state index contributed by atoms with van der Waals surface area (Å²) in [4.78, 5) is 11.7. The molecule has 0 aliphatic heterocycles. The summed E-state index contributed by atoms with van der Waals surface area (Å²) in [6.07, 6.45) is 3.88. The van der Waals surface area contributed by atoms with Crippen LogP contribution in [0.2, 0.25) is 0 Å². The van der Waals surface area contributed by atoms with Gasteiger partial charge in [0.05, 0.1) is 19.7 Å². The molecule has 0 saturated carbocycles. The molecular weight excluding hydrogens is 294 g/mol. The van der Waals surface area contributed by atoms with Crippen LogP contribution in [0, 0.1) is 0 Å². The highest BCUT2D eigenvalue weighted by atomic mass is 16.5. The van der Waals surface area contributed by atoms with Gasteiger partial charge in [-0.2, -0.15) is 0 Å². The smallest absolute Gasteiger partial charge is 0.419 e. The van der Waals surface area contributed by atoms with E-state index in [9.17, 15) is 4.79 Å². The first-order valence-corrected chi connectivity index (χ1v) is 7.12. The van der Waals surface area contributed by atoms with Crippen LogP contribution in [0.15, 0.2) is 45.6 Å². The Hall–Kier alpha value is -2.95. The lowest BCUT2D eigenvalue weighted by atomic mass is 10.1. The molecule has 23 heavy (non-hydrogen) atoms. The van der Waals surface area contributed by atoms with Gasteiger partial charge in [0.2, 0.25) is 0 Å². The van der Waals surface area contributed by atoms with Crippen LogP contribution in [0.25, 0.3) is 23.3 Å². The summed E-state index contributed by atoms with van der Waals surface area (Å²) in [5.41, 5.74) is 3.18. The van der Waals surface area contributed by atoms with Crippen LogP contribution in [-0.2, 0) is 7.05 Å². The number of rotatable bonds is 4. The Bertz CT molecular complexity index is 912. The number of hydrogen-bond donors (Lipinski definition) is 0. The molecule has 3 aromatic rings. The van der Waals surface area contributed by atoms with E-state index in [1.807, 2.05) is 42.5 Å². The maximum Gasteiger partial charge on any atom is 0.419 e. The van der Waals surface area contributed by atoms with Crippen LogP contribution in [0.5, 0.6) is 11.5 Å². The SMILES string of the molecule is COc1cc(/C=C\c2cccc3oc(=O)n(C)c23)cc(OC)c1. The minimum atomic E-state index is -0.371. The predicted octanol–water partition coefficient (Wildman–Crippen LogP) is 3.32. The van der Waals surface area contributed by atoms with Gasteiger partial charge in [-0.05, 0) is 23.8 Å². The lowest BCUT2D eigenvalue weighted by Crippen LogP contribution is -2.08. The summed E-state index contributed by atoms with van der Waals surface area (Å²) >= 11 is 0. The fourth-order valence-electron chi connectivity index (χ4n) is 2.48. The van der Waals surface area contributed by atoms with Gasteiger partial charge in [-0.15, -0.1) is 0 Å². The molecule has 0 atom stereocenters. The van der Waals surface area contributed by atoms with Gasteiger partial charge in [-0.3, -0.25) is 4.57 Å². The molecule has 5 nitrogen and oxygen atoms in total. The summed E-state index contributed by atoms with van der Waals surface area (Å²) < 4.78 is 17.2. The minimum absolute atomic E-state index is 0.371. The number of aromatic nitrogens is 1. The van der Waals surface area contributed by atoms with E-state index in [1.165, 1.54) is 4.57 Å². The zero-order valence-electron chi connectivity index (χ0n) is 13.2. The van der Waals surface area contributed by atoms with E-state index in [0.717, 1.165) is 28.1 Å². The van der Waals surface area contributed by atoms with Gasteiger partial charge in [-0.1, -0.05) is 24.3 Å². The standard InChI is InChI=1S/C18H17NO4/c1-19-17-13(5-4-6-16(17)23-18(19)20)8-7-12-9-14(21-2)11-15(10-12)22-3/h4-11H,1-3H3/b8-7-. The average molecular weight is 311 g/mol. The third-order valence-corrected chi connectivity index (χ3v) is 3.67. The largest absolute Gasteiger partial charge is 0.497 e. The monoisotopic (exact) mass is 311 g/mol. The van der Waals surface area contributed by atoms with Gasteiger partial charge in [0.15, 0.2) is 5.58 Å². The van der Waals surface area contributed by atoms with Gasteiger partial charge in [0.1, 0.15) is 11.5 Å². The third kappa shape index (κ3) is 2.85.